The van der Waals surface area contributed by atoms with E-state index in [4.69, 9.17) is 4.74 Å². The van der Waals surface area contributed by atoms with E-state index in [1.807, 2.05) is 68.4 Å². The van der Waals surface area contributed by atoms with E-state index < -0.39 is 0 Å². The molecule has 0 fully saturated rings. The molecule has 2 aromatic heterocycles. The van der Waals surface area contributed by atoms with Gasteiger partial charge < -0.3 is 15.4 Å². The van der Waals surface area contributed by atoms with Gasteiger partial charge >= 0.3 is 0 Å². The fourth-order valence-corrected chi connectivity index (χ4v) is 3.08. The number of hydrogen-bond acceptors (Lipinski definition) is 5. The van der Waals surface area contributed by atoms with E-state index in [-0.39, 0.29) is 12.0 Å². The Morgan fingerprint density at radius 1 is 0.933 bits per heavy atom. The molecule has 2 N–H and O–H groups in total. The van der Waals surface area contributed by atoms with Crippen LogP contribution in [0.25, 0.3) is 10.9 Å². The van der Waals surface area contributed by atoms with Crippen molar-refractivity contribution < 1.29 is 9.53 Å². The molecule has 0 aliphatic heterocycles. The number of para-hydroxylation sites is 1. The zero-order valence-electron chi connectivity index (χ0n) is 16.8. The Bertz CT molecular complexity index is 1170. The Hall–Kier alpha value is -3.93. The topological polar surface area (TPSA) is 76.1 Å². The van der Waals surface area contributed by atoms with E-state index in [1.54, 1.807) is 24.5 Å². The van der Waals surface area contributed by atoms with Gasteiger partial charge in [-0.15, -0.1) is 0 Å². The third-order valence-electron chi connectivity index (χ3n) is 4.40. The lowest BCUT2D eigenvalue weighted by molar-refractivity contribution is 0.102. The maximum absolute atomic E-state index is 12.7. The van der Waals surface area contributed by atoms with Crippen LogP contribution in [0.2, 0.25) is 0 Å². The Kier molecular flexibility index (Phi) is 5.57. The van der Waals surface area contributed by atoms with Crippen molar-refractivity contribution in [3.05, 3.63) is 84.7 Å². The van der Waals surface area contributed by atoms with E-state index in [2.05, 4.69) is 20.6 Å². The van der Waals surface area contributed by atoms with E-state index in [1.165, 1.54) is 0 Å². The number of carbonyl (C=O) groups excluding carboxylic acids is 1. The standard InChI is InChI=1S/C24H22N4O2/c1-16(2)30-20-10-8-19(9-11-20)27-24(29)18-12-14-25-22(15-18)28-21-7-3-5-17-6-4-13-26-23(17)21/h3-16H,1-2H3,(H,25,28)(H,27,29). The molecule has 0 unspecified atom stereocenters. The first-order valence-corrected chi connectivity index (χ1v) is 9.73. The Morgan fingerprint density at radius 3 is 2.53 bits per heavy atom. The number of pyridine rings is 2. The van der Waals surface area contributed by atoms with Gasteiger partial charge in [0.05, 0.1) is 17.3 Å². The number of hydrogen-bond donors (Lipinski definition) is 2. The number of nitrogens with zero attached hydrogens (tertiary/aromatic N) is 2. The molecule has 0 spiro atoms. The van der Waals surface area contributed by atoms with Crippen LogP contribution in [0.5, 0.6) is 5.75 Å². The molecule has 0 radical (unpaired) electrons. The van der Waals surface area contributed by atoms with Gasteiger partial charge in [0.2, 0.25) is 0 Å². The molecule has 0 bridgehead atoms. The van der Waals surface area contributed by atoms with E-state index in [9.17, 15) is 4.79 Å². The summed E-state index contributed by atoms with van der Waals surface area (Å²) >= 11 is 0. The van der Waals surface area contributed by atoms with Crippen molar-refractivity contribution in [2.45, 2.75) is 20.0 Å². The maximum atomic E-state index is 12.7. The van der Waals surface area contributed by atoms with Crippen LogP contribution >= 0.6 is 0 Å². The van der Waals surface area contributed by atoms with Crippen LogP contribution < -0.4 is 15.4 Å². The summed E-state index contributed by atoms with van der Waals surface area (Å²) in [4.78, 5) is 21.5. The number of ether oxygens (including phenoxy) is 1. The normalized spacial score (nSPS) is 10.8. The molecule has 0 aliphatic rings. The predicted molar refractivity (Wildman–Crippen MR) is 119 cm³/mol. The molecule has 4 rings (SSSR count). The van der Waals surface area contributed by atoms with Gasteiger partial charge in [-0.05, 0) is 62.4 Å². The highest BCUT2D eigenvalue weighted by atomic mass is 16.5. The molecule has 30 heavy (non-hydrogen) atoms. The van der Waals surface area contributed by atoms with Gasteiger partial charge in [-0.25, -0.2) is 4.98 Å². The van der Waals surface area contributed by atoms with Gasteiger partial charge in [-0.3, -0.25) is 9.78 Å². The number of amides is 1. The Morgan fingerprint density at radius 2 is 1.73 bits per heavy atom. The number of fused-ring (bicyclic) bond motifs is 1. The average molecular weight is 398 g/mol. The molecule has 150 valence electrons. The van der Waals surface area contributed by atoms with Gasteiger partial charge in [-0.1, -0.05) is 18.2 Å². The highest BCUT2D eigenvalue weighted by Gasteiger charge is 2.09. The van der Waals surface area contributed by atoms with Crippen LogP contribution in [0, 0.1) is 0 Å². The van der Waals surface area contributed by atoms with Gasteiger partial charge in [0.25, 0.3) is 5.91 Å². The highest BCUT2D eigenvalue weighted by molar-refractivity contribution is 6.04. The molecule has 2 heterocycles. The lowest BCUT2D eigenvalue weighted by Gasteiger charge is -2.11. The molecular weight excluding hydrogens is 376 g/mol. The van der Waals surface area contributed by atoms with Crippen molar-refractivity contribution in [3.8, 4) is 5.75 Å². The van der Waals surface area contributed by atoms with Crippen molar-refractivity contribution in [2.75, 3.05) is 10.6 Å². The lowest BCUT2D eigenvalue weighted by atomic mass is 10.2. The molecule has 2 aromatic carbocycles. The summed E-state index contributed by atoms with van der Waals surface area (Å²) in [5.74, 6) is 1.12. The number of aromatic nitrogens is 2. The van der Waals surface area contributed by atoms with Crippen LogP contribution in [0.15, 0.2) is 79.1 Å². The molecule has 0 saturated heterocycles. The second-order valence-electron chi connectivity index (χ2n) is 7.08. The van der Waals surface area contributed by atoms with Crippen molar-refractivity contribution >= 4 is 34.0 Å². The van der Waals surface area contributed by atoms with E-state index in [0.29, 0.717) is 17.1 Å². The molecule has 6 nitrogen and oxygen atoms in total. The monoisotopic (exact) mass is 398 g/mol. The first kappa shape index (κ1) is 19.4. The zero-order chi connectivity index (χ0) is 20.9. The molecule has 4 aromatic rings. The Balaban J connectivity index is 1.49. The second-order valence-corrected chi connectivity index (χ2v) is 7.08. The molecule has 0 atom stereocenters. The van der Waals surface area contributed by atoms with Crippen molar-refractivity contribution in [1.29, 1.82) is 0 Å². The van der Waals surface area contributed by atoms with Gasteiger partial charge in [0, 0.05) is 29.0 Å². The summed E-state index contributed by atoms with van der Waals surface area (Å²) in [6.07, 6.45) is 3.46. The van der Waals surface area contributed by atoms with Crippen LogP contribution in [-0.4, -0.2) is 22.0 Å². The quantitative estimate of drug-likeness (QED) is 0.454. The summed E-state index contributed by atoms with van der Waals surface area (Å²) in [6.45, 7) is 3.94. The highest BCUT2D eigenvalue weighted by Crippen LogP contribution is 2.24. The van der Waals surface area contributed by atoms with Crippen LogP contribution in [0.1, 0.15) is 24.2 Å². The van der Waals surface area contributed by atoms with E-state index in [0.717, 1.165) is 22.3 Å². The van der Waals surface area contributed by atoms with Crippen LogP contribution in [0.4, 0.5) is 17.2 Å². The third kappa shape index (κ3) is 4.55. The number of nitrogens with one attached hydrogen (secondary N) is 2. The molecule has 1 amide bonds. The average Bonchev–Trinajstić information content (AvgIpc) is 2.75. The minimum atomic E-state index is -0.214. The molecular formula is C24H22N4O2. The van der Waals surface area contributed by atoms with Crippen molar-refractivity contribution in [1.82, 2.24) is 9.97 Å². The predicted octanol–water partition coefficient (Wildman–Crippen LogP) is 5.41. The number of rotatable bonds is 6. The second kappa shape index (κ2) is 8.61. The van der Waals surface area contributed by atoms with Gasteiger partial charge in [0.15, 0.2) is 0 Å². The van der Waals surface area contributed by atoms with Crippen molar-refractivity contribution in [3.63, 3.8) is 0 Å². The molecule has 6 heteroatoms. The molecule has 0 aliphatic carbocycles. The van der Waals surface area contributed by atoms with Crippen molar-refractivity contribution in [2.24, 2.45) is 0 Å². The number of anilines is 3. The maximum Gasteiger partial charge on any atom is 0.255 e. The minimum Gasteiger partial charge on any atom is -0.491 e. The summed E-state index contributed by atoms with van der Waals surface area (Å²) in [6, 6.07) is 20.5. The van der Waals surface area contributed by atoms with Gasteiger partial charge in [-0.2, -0.15) is 0 Å². The first-order valence-electron chi connectivity index (χ1n) is 9.73. The largest absolute Gasteiger partial charge is 0.491 e. The summed E-state index contributed by atoms with van der Waals surface area (Å²) < 4.78 is 5.63. The number of carbonyl (C=O) groups is 1. The van der Waals surface area contributed by atoms with Crippen LogP contribution in [-0.2, 0) is 0 Å². The fraction of sp³-hybridized carbons (Fsp3) is 0.125. The minimum absolute atomic E-state index is 0.102. The smallest absolute Gasteiger partial charge is 0.255 e. The lowest BCUT2D eigenvalue weighted by Crippen LogP contribution is -2.12. The fourth-order valence-electron chi connectivity index (χ4n) is 3.08. The molecule has 0 saturated carbocycles. The zero-order valence-corrected chi connectivity index (χ0v) is 16.8. The van der Waals surface area contributed by atoms with E-state index >= 15 is 0 Å². The number of benzene rings is 2. The summed E-state index contributed by atoms with van der Waals surface area (Å²) in [7, 11) is 0. The summed E-state index contributed by atoms with van der Waals surface area (Å²) in [5.41, 5.74) is 2.88. The summed E-state index contributed by atoms with van der Waals surface area (Å²) in [5, 5.41) is 7.19. The first-order chi connectivity index (χ1) is 14.6. The van der Waals surface area contributed by atoms with Crippen LogP contribution in [0.3, 0.4) is 0 Å². The van der Waals surface area contributed by atoms with Gasteiger partial charge in [0.1, 0.15) is 11.6 Å². The third-order valence-corrected chi connectivity index (χ3v) is 4.40. The SMILES string of the molecule is CC(C)Oc1ccc(NC(=O)c2ccnc(Nc3cccc4cccnc34)c2)cc1. The Labute approximate surface area is 175 Å².